The lowest BCUT2D eigenvalue weighted by atomic mass is 10.00. The minimum Gasteiger partial charge on any atom is -0.506 e. The predicted octanol–water partition coefficient (Wildman–Crippen LogP) is 6.33. The van der Waals surface area contributed by atoms with Gasteiger partial charge >= 0.3 is 0 Å². The van der Waals surface area contributed by atoms with Gasteiger partial charge in [-0.25, -0.2) is 0 Å². The number of pyridine rings is 1. The van der Waals surface area contributed by atoms with Crippen molar-refractivity contribution in [2.45, 2.75) is 18.9 Å². The highest BCUT2D eigenvalue weighted by atomic mass is 35.5. The molecule has 4 nitrogen and oxygen atoms in total. The number of rotatable bonds is 3. The maximum Gasteiger partial charge on any atom is 0.257 e. The molecule has 31 heavy (non-hydrogen) atoms. The molecule has 1 atom stereocenters. The van der Waals surface area contributed by atoms with E-state index >= 15 is 0 Å². The summed E-state index contributed by atoms with van der Waals surface area (Å²) in [6, 6.07) is 18.7. The number of halogens is 2. The number of hydrogen-bond acceptors (Lipinski definition) is 3. The Morgan fingerprint density at radius 3 is 2.61 bits per heavy atom. The number of nitrogens with one attached hydrogen (secondary N) is 1. The minimum atomic E-state index is -0.343. The number of carbonyl (C=O) groups excluding carboxylic acids is 1. The van der Waals surface area contributed by atoms with Crippen LogP contribution in [0.1, 0.15) is 33.9 Å². The zero-order chi connectivity index (χ0) is 21.5. The van der Waals surface area contributed by atoms with Crippen LogP contribution in [0.15, 0.2) is 66.9 Å². The fourth-order valence-electron chi connectivity index (χ4n) is 4.26. The van der Waals surface area contributed by atoms with Crippen molar-refractivity contribution < 1.29 is 9.90 Å². The monoisotopic (exact) mass is 448 g/mol. The second-order valence-corrected chi connectivity index (χ2v) is 8.52. The van der Waals surface area contributed by atoms with E-state index in [0.717, 1.165) is 29.5 Å². The van der Waals surface area contributed by atoms with Crippen LogP contribution in [0, 0.1) is 0 Å². The van der Waals surface area contributed by atoms with E-state index in [1.807, 2.05) is 30.3 Å². The molecule has 0 saturated carbocycles. The Balaban J connectivity index is 1.51. The molecule has 1 aliphatic rings. The molecule has 1 aromatic heterocycles. The van der Waals surface area contributed by atoms with E-state index in [-0.39, 0.29) is 23.3 Å². The van der Waals surface area contributed by atoms with Crippen molar-refractivity contribution in [1.29, 1.82) is 0 Å². The molecule has 6 heteroatoms. The maximum atomic E-state index is 13.0. The summed E-state index contributed by atoms with van der Waals surface area (Å²) in [4.78, 5) is 17.5. The van der Waals surface area contributed by atoms with Crippen LogP contribution in [0.25, 0.3) is 22.0 Å². The van der Waals surface area contributed by atoms with Crippen LogP contribution in [0.3, 0.4) is 0 Å². The number of carbonyl (C=O) groups is 1. The van der Waals surface area contributed by atoms with Gasteiger partial charge in [0.25, 0.3) is 5.91 Å². The van der Waals surface area contributed by atoms with Gasteiger partial charge < -0.3 is 10.4 Å². The van der Waals surface area contributed by atoms with Crippen molar-refractivity contribution >= 4 is 40.0 Å². The number of nitrogens with zero attached hydrogens (tertiary/aromatic N) is 1. The molecule has 0 fully saturated rings. The average Bonchev–Trinajstić information content (AvgIpc) is 3.16. The molecule has 0 aliphatic heterocycles. The lowest BCUT2D eigenvalue weighted by molar-refractivity contribution is 0.0934. The first-order chi connectivity index (χ1) is 15.0. The summed E-state index contributed by atoms with van der Waals surface area (Å²) in [7, 11) is 0. The summed E-state index contributed by atoms with van der Waals surface area (Å²) in [5.74, 6) is -0.437. The fraction of sp³-hybridized carbons (Fsp3) is 0.120. The average molecular weight is 449 g/mol. The van der Waals surface area contributed by atoms with Gasteiger partial charge in [-0.05, 0) is 53.8 Å². The van der Waals surface area contributed by atoms with E-state index in [9.17, 15) is 9.90 Å². The third-order valence-electron chi connectivity index (χ3n) is 5.73. The van der Waals surface area contributed by atoms with Crippen molar-refractivity contribution in [3.8, 4) is 16.9 Å². The second-order valence-electron chi connectivity index (χ2n) is 7.64. The summed E-state index contributed by atoms with van der Waals surface area (Å²) in [6.45, 7) is 0. The highest BCUT2D eigenvalue weighted by molar-refractivity contribution is 6.35. The summed E-state index contributed by atoms with van der Waals surface area (Å²) >= 11 is 12.3. The van der Waals surface area contributed by atoms with Gasteiger partial charge in [0, 0.05) is 27.2 Å². The third-order valence-corrected chi connectivity index (χ3v) is 6.16. The van der Waals surface area contributed by atoms with Crippen molar-refractivity contribution in [3.63, 3.8) is 0 Å². The Bertz CT molecular complexity index is 1320. The summed E-state index contributed by atoms with van der Waals surface area (Å²) in [5.41, 5.74) is 4.66. The lowest BCUT2D eigenvalue weighted by Crippen LogP contribution is -2.27. The molecule has 1 heterocycles. The number of hydrogen-bond donors (Lipinski definition) is 2. The Morgan fingerprint density at radius 2 is 1.81 bits per heavy atom. The van der Waals surface area contributed by atoms with Gasteiger partial charge in [-0.3, -0.25) is 9.78 Å². The van der Waals surface area contributed by atoms with Crippen molar-refractivity contribution in [2.24, 2.45) is 0 Å². The molecule has 1 aliphatic carbocycles. The topological polar surface area (TPSA) is 62.2 Å². The number of para-hydroxylation sites is 1. The Morgan fingerprint density at radius 1 is 1.03 bits per heavy atom. The van der Waals surface area contributed by atoms with Gasteiger partial charge in [-0.1, -0.05) is 59.6 Å². The molecule has 0 unspecified atom stereocenters. The van der Waals surface area contributed by atoms with E-state index in [1.54, 1.807) is 24.3 Å². The van der Waals surface area contributed by atoms with E-state index in [1.165, 1.54) is 11.8 Å². The normalized spacial score (nSPS) is 15.1. The van der Waals surface area contributed by atoms with Gasteiger partial charge in [-0.2, -0.15) is 0 Å². The summed E-state index contributed by atoms with van der Waals surface area (Å²) < 4.78 is 0. The van der Waals surface area contributed by atoms with E-state index < -0.39 is 0 Å². The number of benzene rings is 3. The van der Waals surface area contributed by atoms with E-state index in [2.05, 4.69) is 16.4 Å². The first-order valence-corrected chi connectivity index (χ1v) is 10.7. The standard InChI is InChI=1S/C25H18Cl2N2O2/c26-16-10-15(11-17(27)12-16)19-6-3-7-20-23(19)28-13-21(24(20)30)25(31)29-22-9-8-14-4-1-2-5-18(14)22/h1-7,10-13,22H,8-9H2,(H,28,30)(H,29,31)/t22-/m0/s1. The smallest absolute Gasteiger partial charge is 0.257 e. The minimum absolute atomic E-state index is 0.0706. The zero-order valence-corrected chi connectivity index (χ0v) is 17.9. The summed E-state index contributed by atoms with van der Waals surface area (Å²) in [5, 5.41) is 15.5. The molecular formula is C25H18Cl2N2O2. The number of aryl methyl sites for hydroxylation is 1. The van der Waals surface area contributed by atoms with Crippen LogP contribution < -0.4 is 5.32 Å². The van der Waals surface area contributed by atoms with Crippen molar-refractivity contribution in [1.82, 2.24) is 10.3 Å². The van der Waals surface area contributed by atoms with E-state index in [0.29, 0.717) is 20.9 Å². The zero-order valence-electron chi connectivity index (χ0n) is 16.4. The molecule has 0 spiro atoms. The SMILES string of the molecule is O=C(N[C@H]1CCc2ccccc21)c1cnc2c(-c3cc(Cl)cc(Cl)c3)cccc2c1O. The number of amides is 1. The Labute approximate surface area is 189 Å². The van der Waals surface area contributed by atoms with Gasteiger partial charge in [0.05, 0.1) is 11.6 Å². The first kappa shape index (κ1) is 19.9. The predicted molar refractivity (Wildman–Crippen MR) is 124 cm³/mol. The highest BCUT2D eigenvalue weighted by Crippen LogP contribution is 2.36. The molecule has 2 N–H and O–H groups in total. The van der Waals surface area contributed by atoms with Crippen LogP contribution in [0.4, 0.5) is 0 Å². The van der Waals surface area contributed by atoms with Crippen LogP contribution >= 0.6 is 23.2 Å². The van der Waals surface area contributed by atoms with Gasteiger partial charge in [0.2, 0.25) is 0 Å². The molecule has 3 aromatic carbocycles. The van der Waals surface area contributed by atoms with E-state index in [4.69, 9.17) is 23.2 Å². The second kappa shape index (κ2) is 7.88. The van der Waals surface area contributed by atoms with Crippen molar-refractivity contribution in [3.05, 3.63) is 93.6 Å². The molecule has 0 bridgehead atoms. The Kier molecular flexibility index (Phi) is 5.05. The summed E-state index contributed by atoms with van der Waals surface area (Å²) in [6.07, 6.45) is 3.19. The molecule has 0 radical (unpaired) electrons. The molecule has 154 valence electrons. The van der Waals surface area contributed by atoms with Gasteiger partial charge in [-0.15, -0.1) is 0 Å². The molecule has 5 rings (SSSR count). The fourth-order valence-corrected chi connectivity index (χ4v) is 4.79. The quantitative estimate of drug-likeness (QED) is 0.384. The lowest BCUT2D eigenvalue weighted by Gasteiger charge is -2.16. The molecule has 0 saturated heterocycles. The van der Waals surface area contributed by atoms with Gasteiger partial charge in [0.15, 0.2) is 0 Å². The molecule has 1 amide bonds. The number of aromatic nitrogens is 1. The van der Waals surface area contributed by atoms with Crippen LogP contribution in [0.5, 0.6) is 5.75 Å². The van der Waals surface area contributed by atoms with Crippen LogP contribution in [0.2, 0.25) is 10.0 Å². The highest BCUT2D eigenvalue weighted by Gasteiger charge is 2.25. The van der Waals surface area contributed by atoms with Crippen molar-refractivity contribution in [2.75, 3.05) is 0 Å². The molecule has 4 aromatic rings. The maximum absolute atomic E-state index is 13.0. The first-order valence-electron chi connectivity index (χ1n) is 9.97. The largest absolute Gasteiger partial charge is 0.506 e. The number of fused-ring (bicyclic) bond motifs is 2. The molecular weight excluding hydrogens is 431 g/mol. The van der Waals surface area contributed by atoms with Gasteiger partial charge in [0.1, 0.15) is 11.3 Å². The third kappa shape index (κ3) is 3.62. The van der Waals surface area contributed by atoms with Crippen LogP contribution in [-0.2, 0) is 6.42 Å². The number of aromatic hydroxyl groups is 1. The Hall–Kier alpha value is -3.08. The van der Waals surface area contributed by atoms with Crippen LogP contribution in [-0.4, -0.2) is 16.0 Å².